The van der Waals surface area contributed by atoms with Crippen molar-refractivity contribution in [1.82, 2.24) is 25.9 Å². The van der Waals surface area contributed by atoms with Gasteiger partial charge in [-0.2, -0.15) is 16.9 Å². The summed E-state index contributed by atoms with van der Waals surface area (Å²) in [6.45, 7) is 5.35. The van der Waals surface area contributed by atoms with Crippen molar-refractivity contribution in [3.8, 4) is 0 Å². The Kier molecular flexibility index (Phi) is 8.72. The van der Waals surface area contributed by atoms with Crippen molar-refractivity contribution in [3.63, 3.8) is 0 Å². The molecule has 0 saturated carbocycles. The second-order valence-electron chi connectivity index (χ2n) is 6.79. The number of thiocarbonyl (C=S) groups is 1. The van der Waals surface area contributed by atoms with Crippen LogP contribution in [0.2, 0.25) is 0 Å². The largest absolute Gasteiger partial charge is 0.361 e. The third-order valence-corrected chi connectivity index (χ3v) is 5.04. The predicted molar refractivity (Wildman–Crippen MR) is 120 cm³/mol. The van der Waals surface area contributed by atoms with Crippen molar-refractivity contribution in [2.45, 2.75) is 33.2 Å². The van der Waals surface area contributed by atoms with Crippen molar-refractivity contribution in [3.05, 3.63) is 40.3 Å². The number of carbonyl (C=O) groups is 1. The first-order valence-corrected chi connectivity index (χ1v) is 11.1. The van der Waals surface area contributed by atoms with Crippen LogP contribution in [0.3, 0.4) is 0 Å². The fourth-order valence-corrected chi connectivity index (χ4v) is 3.16. The first-order valence-electron chi connectivity index (χ1n) is 9.27. The first kappa shape index (κ1) is 22.2. The molecule has 0 spiro atoms. The maximum absolute atomic E-state index is 12.7. The SMILES string of the molecule is CSCCCNC(=S)NNC(=O)c1nn(CCC(C)C)c(=O)c2ccccc12. The Labute approximate surface area is 174 Å². The van der Waals surface area contributed by atoms with E-state index in [9.17, 15) is 9.59 Å². The molecule has 2 rings (SSSR count). The average Bonchev–Trinajstić information content (AvgIpc) is 2.69. The minimum absolute atomic E-state index is 0.188. The molecule has 0 atom stereocenters. The highest BCUT2D eigenvalue weighted by Gasteiger charge is 2.17. The first-order chi connectivity index (χ1) is 13.4. The number of fused-ring (bicyclic) bond motifs is 1. The number of hydrogen-bond donors (Lipinski definition) is 3. The summed E-state index contributed by atoms with van der Waals surface area (Å²) >= 11 is 6.93. The molecule has 152 valence electrons. The number of nitrogens with zero attached hydrogens (tertiary/aromatic N) is 2. The number of carbonyl (C=O) groups excluding carboxylic acids is 1. The van der Waals surface area contributed by atoms with E-state index >= 15 is 0 Å². The van der Waals surface area contributed by atoms with Gasteiger partial charge in [-0.05, 0) is 49.1 Å². The Balaban J connectivity index is 2.15. The average molecular weight is 422 g/mol. The van der Waals surface area contributed by atoms with Gasteiger partial charge < -0.3 is 5.32 Å². The molecule has 0 unspecified atom stereocenters. The molecule has 3 N–H and O–H groups in total. The maximum atomic E-state index is 12.7. The molecule has 0 radical (unpaired) electrons. The third kappa shape index (κ3) is 6.20. The number of benzene rings is 1. The molecule has 9 heteroatoms. The van der Waals surface area contributed by atoms with E-state index in [1.807, 2.05) is 0 Å². The smallest absolute Gasteiger partial charge is 0.290 e. The summed E-state index contributed by atoms with van der Waals surface area (Å²) in [5, 5.41) is 8.69. The van der Waals surface area contributed by atoms with Crippen LogP contribution in [-0.2, 0) is 6.54 Å². The normalized spacial score (nSPS) is 10.9. The maximum Gasteiger partial charge on any atom is 0.290 e. The second-order valence-corrected chi connectivity index (χ2v) is 8.18. The molecule has 7 nitrogen and oxygen atoms in total. The monoisotopic (exact) mass is 421 g/mol. The molecule has 0 aliphatic heterocycles. The lowest BCUT2D eigenvalue weighted by Crippen LogP contribution is -2.47. The Morgan fingerprint density at radius 1 is 1.25 bits per heavy atom. The van der Waals surface area contributed by atoms with E-state index in [0.717, 1.165) is 25.1 Å². The number of thioether (sulfide) groups is 1. The third-order valence-electron chi connectivity index (χ3n) is 4.10. The number of aromatic nitrogens is 2. The molecule has 1 aromatic heterocycles. The minimum atomic E-state index is -0.442. The molecular weight excluding hydrogens is 394 g/mol. The number of hydrazine groups is 1. The zero-order valence-corrected chi connectivity index (χ0v) is 18.1. The van der Waals surface area contributed by atoms with Crippen molar-refractivity contribution < 1.29 is 4.79 Å². The van der Waals surface area contributed by atoms with E-state index in [4.69, 9.17) is 12.2 Å². The molecule has 0 bridgehead atoms. The van der Waals surface area contributed by atoms with Crippen LogP contribution in [0.25, 0.3) is 10.8 Å². The Morgan fingerprint density at radius 2 is 1.96 bits per heavy atom. The lowest BCUT2D eigenvalue weighted by molar-refractivity contribution is 0.0938. The highest BCUT2D eigenvalue weighted by atomic mass is 32.2. The van der Waals surface area contributed by atoms with Gasteiger partial charge in [0.05, 0.1) is 5.39 Å². The van der Waals surface area contributed by atoms with Gasteiger partial charge in [0.25, 0.3) is 11.5 Å². The summed E-state index contributed by atoms with van der Waals surface area (Å²) in [7, 11) is 0. The van der Waals surface area contributed by atoms with Crippen molar-refractivity contribution in [2.24, 2.45) is 5.92 Å². The minimum Gasteiger partial charge on any atom is -0.361 e. The summed E-state index contributed by atoms with van der Waals surface area (Å²) in [6.07, 6.45) is 3.83. The molecule has 2 aromatic rings. The van der Waals surface area contributed by atoms with Gasteiger partial charge in [-0.3, -0.25) is 20.4 Å². The molecule has 1 heterocycles. The molecule has 1 aromatic carbocycles. The molecular formula is C19H27N5O2S2. The highest BCUT2D eigenvalue weighted by molar-refractivity contribution is 7.98. The van der Waals surface area contributed by atoms with E-state index in [1.165, 1.54) is 4.68 Å². The van der Waals surface area contributed by atoms with Gasteiger partial charge in [-0.25, -0.2) is 4.68 Å². The number of nitrogens with one attached hydrogen (secondary N) is 3. The van der Waals surface area contributed by atoms with Crippen LogP contribution < -0.4 is 21.7 Å². The topological polar surface area (TPSA) is 88.0 Å². The van der Waals surface area contributed by atoms with E-state index in [1.54, 1.807) is 36.0 Å². The van der Waals surface area contributed by atoms with Crippen molar-refractivity contribution >= 4 is 45.8 Å². The molecule has 0 saturated heterocycles. The van der Waals surface area contributed by atoms with Crippen LogP contribution in [0.1, 0.15) is 37.2 Å². The second kappa shape index (κ2) is 11.0. The molecule has 1 amide bonds. The number of rotatable bonds is 8. The molecule has 0 aliphatic carbocycles. The van der Waals surface area contributed by atoms with Gasteiger partial charge in [0.1, 0.15) is 0 Å². The molecule has 0 fully saturated rings. The lowest BCUT2D eigenvalue weighted by Gasteiger charge is -2.14. The standard InChI is InChI=1S/C19H27N5O2S2/c1-13(2)9-11-24-18(26)15-8-5-4-7-14(15)16(23-24)17(25)21-22-19(27)20-10-6-12-28-3/h4-5,7-8,13H,6,9-12H2,1-3H3,(H,21,25)(H2,20,22,27). The quantitative estimate of drug-likeness (QED) is 0.342. The van der Waals surface area contributed by atoms with Gasteiger partial charge >= 0.3 is 0 Å². The Morgan fingerprint density at radius 3 is 2.64 bits per heavy atom. The van der Waals surface area contributed by atoms with Crippen LogP contribution in [0, 0.1) is 5.92 Å². The van der Waals surface area contributed by atoms with Gasteiger partial charge in [0, 0.05) is 18.5 Å². The zero-order valence-electron chi connectivity index (χ0n) is 16.4. The highest BCUT2D eigenvalue weighted by Crippen LogP contribution is 2.13. The van der Waals surface area contributed by atoms with E-state index in [0.29, 0.717) is 28.3 Å². The summed E-state index contributed by atoms with van der Waals surface area (Å²) in [5.41, 5.74) is 5.26. The fourth-order valence-electron chi connectivity index (χ4n) is 2.57. The Bertz CT molecular complexity index is 882. The van der Waals surface area contributed by atoms with Gasteiger partial charge in [0.15, 0.2) is 10.8 Å². The van der Waals surface area contributed by atoms with Crippen molar-refractivity contribution in [1.29, 1.82) is 0 Å². The van der Waals surface area contributed by atoms with Crippen LogP contribution >= 0.6 is 24.0 Å². The van der Waals surface area contributed by atoms with Crippen molar-refractivity contribution in [2.75, 3.05) is 18.6 Å². The molecule has 0 aliphatic rings. The van der Waals surface area contributed by atoms with Gasteiger partial charge in [-0.1, -0.05) is 32.0 Å². The zero-order chi connectivity index (χ0) is 20.5. The van der Waals surface area contributed by atoms with Crippen LogP contribution in [0.5, 0.6) is 0 Å². The predicted octanol–water partition coefficient (Wildman–Crippen LogP) is 2.30. The number of hydrogen-bond acceptors (Lipinski definition) is 5. The number of amides is 1. The van der Waals surface area contributed by atoms with Gasteiger partial charge in [0.2, 0.25) is 0 Å². The lowest BCUT2D eigenvalue weighted by atomic mass is 10.1. The summed E-state index contributed by atoms with van der Waals surface area (Å²) in [4.78, 5) is 25.4. The summed E-state index contributed by atoms with van der Waals surface area (Å²) < 4.78 is 1.37. The summed E-state index contributed by atoms with van der Waals surface area (Å²) in [6, 6.07) is 7.01. The van der Waals surface area contributed by atoms with Gasteiger partial charge in [-0.15, -0.1) is 0 Å². The fraction of sp³-hybridized carbons (Fsp3) is 0.474. The summed E-state index contributed by atoms with van der Waals surface area (Å²) in [5.74, 6) is 1.02. The molecule has 28 heavy (non-hydrogen) atoms. The number of aryl methyl sites for hydroxylation is 1. The van der Waals surface area contributed by atoms with Crippen LogP contribution in [-0.4, -0.2) is 39.4 Å². The van der Waals surface area contributed by atoms with E-state index in [-0.39, 0.29) is 11.3 Å². The van der Waals surface area contributed by atoms with E-state index in [2.05, 4.69) is 41.4 Å². The van der Waals surface area contributed by atoms with Crippen LogP contribution in [0.4, 0.5) is 0 Å². The van der Waals surface area contributed by atoms with Crippen LogP contribution in [0.15, 0.2) is 29.1 Å². The van der Waals surface area contributed by atoms with E-state index < -0.39 is 5.91 Å². The Hall–Kier alpha value is -2.13.